The van der Waals surface area contributed by atoms with E-state index in [1.807, 2.05) is 49.4 Å². The van der Waals surface area contributed by atoms with E-state index >= 15 is 0 Å². The van der Waals surface area contributed by atoms with E-state index in [0.29, 0.717) is 6.42 Å². The molecule has 0 radical (unpaired) electrons. The van der Waals surface area contributed by atoms with Gasteiger partial charge in [-0.15, -0.1) is 0 Å². The molecule has 0 aliphatic carbocycles. The molecule has 3 aliphatic rings. The first-order chi connectivity index (χ1) is 26.9. The summed E-state index contributed by atoms with van der Waals surface area (Å²) >= 11 is 0. The van der Waals surface area contributed by atoms with Gasteiger partial charge in [0, 0.05) is 35.4 Å². The number of carbonyl (C=O) groups is 4. The van der Waals surface area contributed by atoms with Crippen molar-refractivity contribution >= 4 is 40.6 Å². The summed E-state index contributed by atoms with van der Waals surface area (Å²) in [6.45, 7) is 13.7. The van der Waals surface area contributed by atoms with E-state index in [4.69, 9.17) is 23.7 Å². The first-order valence-corrected chi connectivity index (χ1v) is 19.9. The number of aromatic nitrogens is 1. The van der Waals surface area contributed by atoms with Crippen LogP contribution in [-0.4, -0.2) is 113 Å². The molecule has 3 fully saturated rings. The molecule has 0 unspecified atom stereocenters. The summed E-state index contributed by atoms with van der Waals surface area (Å²) in [6, 6.07) is 10.5. The second-order valence-electron chi connectivity index (χ2n) is 16.5. The maximum absolute atomic E-state index is 14.5. The highest BCUT2D eigenvalue weighted by Crippen LogP contribution is 2.40. The van der Waals surface area contributed by atoms with Crippen LogP contribution in [0.2, 0.25) is 0 Å². The number of hydrogen-bond donors (Lipinski definition) is 2. The van der Waals surface area contributed by atoms with Gasteiger partial charge in [-0.2, -0.15) is 5.26 Å². The highest BCUT2D eigenvalue weighted by molar-refractivity contribution is 6.00. The topological polar surface area (TPSA) is 187 Å². The number of ketones is 2. The lowest BCUT2D eigenvalue weighted by molar-refractivity contribution is -0.297. The number of rotatable bonds is 9. The molecule has 0 bridgehead atoms. The average molecular weight is 791 g/mol. The molecule has 4 heterocycles. The number of esters is 1. The Morgan fingerprint density at radius 2 is 1.81 bits per heavy atom. The molecule has 0 spiro atoms. The smallest absolute Gasteiger partial charge is 0.408 e. The van der Waals surface area contributed by atoms with Crippen molar-refractivity contribution in [2.24, 2.45) is 23.7 Å². The van der Waals surface area contributed by atoms with Crippen molar-refractivity contribution in [3.63, 3.8) is 0 Å². The van der Waals surface area contributed by atoms with Crippen LogP contribution in [0.3, 0.4) is 0 Å². The number of pyridine rings is 1. The van der Waals surface area contributed by atoms with Crippen LogP contribution in [0, 0.1) is 35.0 Å². The van der Waals surface area contributed by atoms with Crippen LogP contribution in [0.25, 0.3) is 17.0 Å². The first-order valence-electron chi connectivity index (χ1n) is 19.9. The number of nitrogens with zero attached hydrogens (tertiary/aromatic N) is 3. The molecular weight excluding hydrogens is 732 g/mol. The zero-order valence-electron chi connectivity index (χ0n) is 34.5. The van der Waals surface area contributed by atoms with Crippen LogP contribution in [0.1, 0.15) is 80.2 Å². The molecule has 1 amide bonds. The fourth-order valence-corrected chi connectivity index (χ4v) is 8.88. The molecule has 310 valence electrons. The third-order valence-corrected chi connectivity index (χ3v) is 12.1. The van der Waals surface area contributed by atoms with E-state index in [1.165, 1.54) is 6.92 Å². The number of fused-ring (bicyclic) bond motifs is 2. The Morgan fingerprint density at radius 1 is 1.09 bits per heavy atom. The molecule has 14 nitrogen and oxygen atoms in total. The number of amides is 1. The molecule has 3 aliphatic heterocycles. The molecular formula is C43H58N4O10. The fraction of sp³-hybridized carbons (Fsp3) is 0.628. The number of likely N-dealkylation sites (N-methyl/N-ethyl adjacent to an activating group) is 1. The van der Waals surface area contributed by atoms with Crippen LogP contribution in [0.15, 0.2) is 42.6 Å². The van der Waals surface area contributed by atoms with Crippen molar-refractivity contribution < 1.29 is 48.0 Å². The number of cyclic esters (lactones) is 1. The number of hydrogen-bond acceptors (Lipinski definition) is 13. The maximum atomic E-state index is 14.5. The van der Waals surface area contributed by atoms with Gasteiger partial charge in [-0.1, -0.05) is 58.0 Å². The van der Waals surface area contributed by atoms with E-state index in [2.05, 4.69) is 16.4 Å². The molecule has 2 aromatic rings. The zero-order valence-corrected chi connectivity index (χ0v) is 34.5. The standard InChI is InChI=1S/C43H58N4O10/c1-10-33-43(8)37(46-41(52)57-43)26(4)34(48)24(2)22-42(7,53-19-13-14-29-21-30-15-11-12-16-31(30)45-23-29)38(27(5)35(49)28(6)39(51)55-33)56-40-36(50)32(20-25(3)54-40)47(9)18-17-44/h11-16,21,23-28,32-33,36-38,40,50H,10,18-20,22H2,1-9H3,(H,46,52)/b14-13+/t24-,25-,26+,27+,28-,32+,33-,36-,37+,38-,40+,42-,43-/m1/s1. The van der Waals surface area contributed by atoms with Crippen molar-refractivity contribution in [1.29, 1.82) is 5.26 Å². The Hall–Kier alpha value is -4.26. The fourth-order valence-electron chi connectivity index (χ4n) is 8.88. The highest BCUT2D eigenvalue weighted by Gasteiger charge is 2.57. The van der Waals surface area contributed by atoms with Crippen LogP contribution < -0.4 is 5.32 Å². The van der Waals surface area contributed by atoms with Crippen molar-refractivity contribution in [3.05, 3.63) is 48.2 Å². The lowest BCUT2D eigenvalue weighted by atomic mass is 9.73. The molecule has 2 N–H and O–H groups in total. The summed E-state index contributed by atoms with van der Waals surface area (Å²) in [6.07, 6.45) is 0.401. The van der Waals surface area contributed by atoms with Crippen molar-refractivity contribution in [2.45, 2.75) is 129 Å². The van der Waals surface area contributed by atoms with Gasteiger partial charge in [0.25, 0.3) is 0 Å². The second-order valence-corrected chi connectivity index (χ2v) is 16.5. The Bertz CT molecular complexity index is 1870. The van der Waals surface area contributed by atoms with Gasteiger partial charge < -0.3 is 34.1 Å². The lowest BCUT2D eigenvalue weighted by Gasteiger charge is -2.47. The minimum absolute atomic E-state index is 0.0267. The number of para-hydroxylation sites is 1. The summed E-state index contributed by atoms with van der Waals surface area (Å²) in [5, 5.41) is 24.9. The quantitative estimate of drug-likeness (QED) is 0.197. The number of ether oxygens (including phenoxy) is 5. The van der Waals surface area contributed by atoms with Gasteiger partial charge in [0.05, 0.1) is 48.6 Å². The van der Waals surface area contributed by atoms with Crippen LogP contribution in [0.4, 0.5) is 4.79 Å². The number of nitriles is 1. The Morgan fingerprint density at radius 3 is 2.51 bits per heavy atom. The number of Topliss-reactive ketones (excluding diaryl/α,β-unsaturated/α-hetero) is 2. The molecule has 1 aromatic heterocycles. The predicted molar refractivity (Wildman–Crippen MR) is 210 cm³/mol. The van der Waals surface area contributed by atoms with Gasteiger partial charge in [0.1, 0.15) is 23.9 Å². The van der Waals surface area contributed by atoms with E-state index < -0.39 is 89.4 Å². The third kappa shape index (κ3) is 9.39. The third-order valence-electron chi connectivity index (χ3n) is 12.1. The lowest BCUT2D eigenvalue weighted by Crippen LogP contribution is -2.60. The van der Waals surface area contributed by atoms with Gasteiger partial charge in [0.15, 0.2) is 17.7 Å². The minimum Gasteiger partial charge on any atom is -0.458 e. The zero-order chi connectivity index (χ0) is 41.8. The number of alkyl carbamates (subject to hydrolysis) is 1. The predicted octanol–water partition coefficient (Wildman–Crippen LogP) is 5.00. The number of nitrogens with one attached hydrogen (secondary N) is 1. The van der Waals surface area contributed by atoms with Crippen LogP contribution in [-0.2, 0) is 38.1 Å². The minimum atomic E-state index is -1.41. The monoisotopic (exact) mass is 790 g/mol. The molecule has 0 saturated carbocycles. The molecule has 57 heavy (non-hydrogen) atoms. The Balaban J connectivity index is 1.56. The van der Waals surface area contributed by atoms with E-state index in [0.717, 1.165) is 16.5 Å². The summed E-state index contributed by atoms with van der Waals surface area (Å²) in [4.78, 5) is 61.8. The van der Waals surface area contributed by atoms with Crippen molar-refractivity contribution in [1.82, 2.24) is 15.2 Å². The number of benzene rings is 1. The number of aliphatic hydroxyl groups is 1. The number of aliphatic hydroxyl groups excluding tert-OH is 1. The highest BCUT2D eigenvalue weighted by atomic mass is 16.7. The van der Waals surface area contributed by atoms with Crippen molar-refractivity contribution in [3.8, 4) is 6.07 Å². The largest absolute Gasteiger partial charge is 0.458 e. The molecule has 5 rings (SSSR count). The summed E-state index contributed by atoms with van der Waals surface area (Å²) in [5.74, 6) is -5.37. The molecule has 1 aromatic carbocycles. The number of carbonyl (C=O) groups excluding carboxylic acids is 4. The van der Waals surface area contributed by atoms with Crippen molar-refractivity contribution in [2.75, 3.05) is 20.2 Å². The second kappa shape index (κ2) is 18.1. The first kappa shape index (κ1) is 43.9. The summed E-state index contributed by atoms with van der Waals surface area (Å²) < 4.78 is 31.4. The summed E-state index contributed by atoms with van der Waals surface area (Å²) in [5.41, 5.74) is -1.11. The van der Waals surface area contributed by atoms with Gasteiger partial charge in [-0.3, -0.25) is 24.3 Å². The van der Waals surface area contributed by atoms with Crippen LogP contribution >= 0.6 is 0 Å². The van der Waals surface area contributed by atoms with E-state index in [1.54, 1.807) is 59.7 Å². The van der Waals surface area contributed by atoms with Gasteiger partial charge in [0.2, 0.25) is 0 Å². The SMILES string of the molecule is CC[C@H]1OC(=O)[C@H](C)C(=O)[C@H](C)[C@@H](O[C@@H]2O[C@H](C)C[C@H](N(C)CC#N)[C@H]2O)[C@](C)(OC/C=C/c2cnc3ccccc3c2)C[C@@H](C)C(=O)[C@H](C)[C@@H]2NC(=O)O[C@]12C. The van der Waals surface area contributed by atoms with Gasteiger partial charge in [-0.05, 0) is 71.7 Å². The molecule has 14 heteroatoms. The molecule has 13 atom stereocenters. The summed E-state index contributed by atoms with van der Waals surface area (Å²) in [7, 11) is 1.73. The Labute approximate surface area is 335 Å². The van der Waals surface area contributed by atoms with E-state index in [9.17, 15) is 29.5 Å². The normalized spacial score (nSPS) is 37.0. The average Bonchev–Trinajstić information content (AvgIpc) is 3.50. The molecule has 3 saturated heterocycles. The van der Waals surface area contributed by atoms with Gasteiger partial charge >= 0.3 is 12.1 Å². The Kier molecular flexibility index (Phi) is 13.9. The van der Waals surface area contributed by atoms with Crippen LogP contribution in [0.5, 0.6) is 0 Å². The van der Waals surface area contributed by atoms with Gasteiger partial charge in [-0.25, -0.2) is 4.79 Å². The van der Waals surface area contributed by atoms with E-state index in [-0.39, 0.29) is 37.9 Å². The maximum Gasteiger partial charge on any atom is 0.408 e.